The van der Waals surface area contributed by atoms with Crippen LogP contribution in [0.1, 0.15) is 37.7 Å². The maximum Gasteiger partial charge on any atom is 0.227 e. The first-order valence-corrected chi connectivity index (χ1v) is 9.16. The molecule has 6 heteroatoms. The lowest BCUT2D eigenvalue weighted by molar-refractivity contribution is -0.117. The summed E-state index contributed by atoms with van der Waals surface area (Å²) in [5, 5.41) is 3.44. The zero-order chi connectivity index (χ0) is 16.0. The molecule has 0 radical (unpaired) electrons. The third kappa shape index (κ3) is 2.63. The number of fused-ring (bicyclic) bond motifs is 1. The van der Waals surface area contributed by atoms with Gasteiger partial charge in [-0.1, -0.05) is 18.2 Å². The Kier molecular flexibility index (Phi) is 3.59. The number of rotatable bonds is 3. The molecule has 0 aromatic heterocycles. The van der Waals surface area contributed by atoms with Gasteiger partial charge in [0, 0.05) is 22.9 Å². The second-order valence-corrected chi connectivity index (χ2v) is 7.77. The van der Waals surface area contributed by atoms with Crippen LogP contribution in [0.5, 0.6) is 0 Å². The second kappa shape index (κ2) is 5.51. The number of amides is 1. The van der Waals surface area contributed by atoms with Gasteiger partial charge < -0.3 is 11.1 Å². The fraction of sp³-hybridized carbons (Fsp3) is 0.529. The summed E-state index contributed by atoms with van der Waals surface area (Å²) < 4.78 is 14.6. The van der Waals surface area contributed by atoms with Gasteiger partial charge in [0.15, 0.2) is 5.17 Å². The zero-order valence-electron chi connectivity index (χ0n) is 12.8. The average molecular weight is 333 g/mol. The number of nitrogens with two attached hydrogens (primary N) is 1. The quantitative estimate of drug-likeness (QED) is 0.892. The number of carbonyl (C=O) groups is 1. The monoisotopic (exact) mass is 333 g/mol. The molecule has 122 valence electrons. The molecule has 3 aliphatic rings. The Hall–Kier alpha value is -1.56. The number of thioether (sulfide) groups is 1. The molecule has 1 aromatic carbocycles. The lowest BCUT2D eigenvalue weighted by Crippen LogP contribution is -2.37. The van der Waals surface area contributed by atoms with E-state index in [0.29, 0.717) is 22.3 Å². The Balaban J connectivity index is 1.72. The third-order valence-electron chi connectivity index (χ3n) is 5.18. The first kappa shape index (κ1) is 15.0. The van der Waals surface area contributed by atoms with E-state index in [0.717, 1.165) is 37.9 Å². The minimum atomic E-state index is -0.556. The molecule has 0 unspecified atom stereocenters. The van der Waals surface area contributed by atoms with E-state index in [1.807, 2.05) is 0 Å². The van der Waals surface area contributed by atoms with Gasteiger partial charge in [-0.2, -0.15) is 0 Å². The smallest absolute Gasteiger partial charge is 0.227 e. The van der Waals surface area contributed by atoms with Crippen molar-refractivity contribution in [3.05, 3.63) is 29.6 Å². The Bertz CT molecular complexity index is 688. The Morgan fingerprint density at radius 3 is 3.00 bits per heavy atom. The summed E-state index contributed by atoms with van der Waals surface area (Å²) in [5.41, 5.74) is 6.63. The molecule has 23 heavy (non-hydrogen) atoms. The lowest BCUT2D eigenvalue weighted by Gasteiger charge is -2.36. The number of hydrogen-bond donors (Lipinski definition) is 2. The van der Waals surface area contributed by atoms with Gasteiger partial charge in [0.1, 0.15) is 5.82 Å². The second-order valence-electron chi connectivity index (χ2n) is 6.73. The number of aliphatic imine (C=N–C) groups is 1. The molecule has 1 aliphatic heterocycles. The molecule has 1 aromatic rings. The minimum absolute atomic E-state index is 0.0326. The average Bonchev–Trinajstić information content (AvgIpc) is 3.29. The Morgan fingerprint density at radius 2 is 2.22 bits per heavy atom. The standard InChI is InChI=1S/C17H20FN3OS/c18-14-6-5-12(20-15(22)10-3-4-10)8-13(14)17-7-1-2-11(17)9-23-16(19)21-17/h5-6,8,10-11H,1-4,7,9H2,(H2,19,21)(H,20,22)/t11-,17-/m0/s1. The molecule has 4 nitrogen and oxygen atoms in total. The van der Waals surface area contributed by atoms with Crippen LogP contribution in [-0.4, -0.2) is 16.8 Å². The highest BCUT2D eigenvalue weighted by atomic mass is 32.2. The van der Waals surface area contributed by atoms with Gasteiger partial charge in [-0.15, -0.1) is 0 Å². The highest BCUT2D eigenvalue weighted by Gasteiger charge is 2.48. The van der Waals surface area contributed by atoms with Crippen LogP contribution >= 0.6 is 11.8 Å². The van der Waals surface area contributed by atoms with Gasteiger partial charge in [0.25, 0.3) is 0 Å². The number of hydrogen-bond acceptors (Lipinski definition) is 4. The number of nitrogens with zero attached hydrogens (tertiary/aromatic N) is 1. The number of carbonyl (C=O) groups excluding carboxylic acids is 1. The number of halogens is 1. The number of anilines is 1. The van der Waals surface area contributed by atoms with E-state index in [1.54, 1.807) is 23.9 Å². The number of nitrogens with one attached hydrogen (secondary N) is 1. The number of amidine groups is 1. The third-order valence-corrected chi connectivity index (χ3v) is 6.13. The largest absolute Gasteiger partial charge is 0.379 e. The van der Waals surface area contributed by atoms with Gasteiger partial charge in [-0.25, -0.2) is 4.39 Å². The van der Waals surface area contributed by atoms with E-state index >= 15 is 0 Å². The molecule has 0 saturated heterocycles. The van der Waals surface area contributed by atoms with Crippen LogP contribution in [0.15, 0.2) is 23.2 Å². The van der Waals surface area contributed by atoms with Crippen molar-refractivity contribution in [1.82, 2.24) is 0 Å². The lowest BCUT2D eigenvalue weighted by atomic mass is 9.81. The van der Waals surface area contributed by atoms with Crippen molar-refractivity contribution in [3.63, 3.8) is 0 Å². The van der Waals surface area contributed by atoms with Crippen LogP contribution < -0.4 is 11.1 Å². The zero-order valence-corrected chi connectivity index (χ0v) is 13.7. The molecule has 2 fully saturated rings. The highest BCUT2D eigenvalue weighted by molar-refractivity contribution is 8.13. The molecular weight excluding hydrogens is 313 g/mol. The van der Waals surface area contributed by atoms with Gasteiger partial charge in [-0.3, -0.25) is 9.79 Å². The van der Waals surface area contributed by atoms with E-state index in [1.165, 1.54) is 6.07 Å². The maximum absolute atomic E-state index is 14.6. The van der Waals surface area contributed by atoms with Gasteiger partial charge >= 0.3 is 0 Å². The summed E-state index contributed by atoms with van der Waals surface area (Å²) >= 11 is 1.56. The molecule has 0 spiro atoms. The molecule has 1 heterocycles. The first-order valence-electron chi connectivity index (χ1n) is 8.17. The summed E-state index contributed by atoms with van der Waals surface area (Å²) in [5.74, 6) is 1.09. The van der Waals surface area contributed by atoms with E-state index in [9.17, 15) is 9.18 Å². The normalized spacial score (nSPS) is 29.8. The summed E-state index contributed by atoms with van der Waals surface area (Å²) in [6.45, 7) is 0. The summed E-state index contributed by atoms with van der Waals surface area (Å²) in [7, 11) is 0. The van der Waals surface area contributed by atoms with Gasteiger partial charge in [0.2, 0.25) is 5.91 Å². The summed E-state index contributed by atoms with van der Waals surface area (Å²) in [4.78, 5) is 16.6. The van der Waals surface area contributed by atoms with Gasteiger partial charge in [-0.05, 0) is 49.8 Å². The SMILES string of the molecule is NC1=N[C@@]2(c3cc(NC(=O)C4CC4)ccc3F)CCC[C@H]2CS1. The van der Waals surface area contributed by atoms with Crippen LogP contribution in [0.4, 0.5) is 10.1 Å². The molecule has 3 N–H and O–H groups in total. The molecule has 1 amide bonds. The molecule has 2 saturated carbocycles. The molecule has 4 rings (SSSR count). The molecular formula is C17H20FN3OS. The van der Waals surface area contributed by atoms with E-state index in [4.69, 9.17) is 5.73 Å². The van der Waals surface area contributed by atoms with Crippen LogP contribution in [0, 0.1) is 17.7 Å². The van der Waals surface area contributed by atoms with E-state index in [-0.39, 0.29) is 17.6 Å². The van der Waals surface area contributed by atoms with Crippen molar-refractivity contribution in [1.29, 1.82) is 0 Å². The Morgan fingerprint density at radius 1 is 1.39 bits per heavy atom. The van der Waals surface area contributed by atoms with Crippen molar-refractivity contribution < 1.29 is 9.18 Å². The molecule has 0 bridgehead atoms. The van der Waals surface area contributed by atoms with Crippen molar-refractivity contribution >= 4 is 28.5 Å². The van der Waals surface area contributed by atoms with Crippen LogP contribution in [0.3, 0.4) is 0 Å². The summed E-state index contributed by atoms with van der Waals surface area (Å²) in [6.07, 6.45) is 4.78. The van der Waals surface area contributed by atoms with Crippen molar-refractivity contribution in [2.75, 3.05) is 11.1 Å². The van der Waals surface area contributed by atoms with E-state index in [2.05, 4.69) is 10.3 Å². The molecule has 2 atom stereocenters. The fourth-order valence-corrected chi connectivity index (χ4v) is 4.83. The topological polar surface area (TPSA) is 67.5 Å². The molecule has 2 aliphatic carbocycles. The number of benzene rings is 1. The summed E-state index contributed by atoms with van der Waals surface area (Å²) in [6, 6.07) is 4.83. The van der Waals surface area contributed by atoms with Crippen LogP contribution in [0.25, 0.3) is 0 Å². The maximum atomic E-state index is 14.6. The fourth-order valence-electron chi connectivity index (χ4n) is 3.78. The minimum Gasteiger partial charge on any atom is -0.379 e. The predicted molar refractivity (Wildman–Crippen MR) is 90.9 cm³/mol. The van der Waals surface area contributed by atoms with Crippen molar-refractivity contribution in [2.24, 2.45) is 22.6 Å². The van der Waals surface area contributed by atoms with Crippen LogP contribution in [0.2, 0.25) is 0 Å². The van der Waals surface area contributed by atoms with Gasteiger partial charge in [0.05, 0.1) is 5.54 Å². The van der Waals surface area contributed by atoms with E-state index < -0.39 is 5.54 Å². The van der Waals surface area contributed by atoms with Crippen LogP contribution in [-0.2, 0) is 10.3 Å². The first-order chi connectivity index (χ1) is 11.1. The highest BCUT2D eigenvalue weighted by Crippen LogP contribution is 2.51. The van der Waals surface area contributed by atoms with Crippen molar-refractivity contribution in [3.8, 4) is 0 Å². The predicted octanol–water partition coefficient (Wildman–Crippen LogP) is 3.23. The van der Waals surface area contributed by atoms with Crippen molar-refractivity contribution in [2.45, 2.75) is 37.6 Å². The Labute approximate surface area is 139 Å².